The number of methoxy groups -OCH3 is 1. The summed E-state index contributed by atoms with van der Waals surface area (Å²) in [4.78, 5) is 27.8. The summed E-state index contributed by atoms with van der Waals surface area (Å²) in [6.07, 6.45) is -1.68. The molecule has 0 bridgehead atoms. The van der Waals surface area contributed by atoms with Crippen LogP contribution in [0.4, 0.5) is 13.2 Å². The average molecular weight is 544 g/mol. The number of hydrogen-bond acceptors (Lipinski definition) is 7. The molecule has 2 aromatic carbocycles. The van der Waals surface area contributed by atoms with Gasteiger partial charge in [0.15, 0.2) is 0 Å². The number of carbonyl (C=O) groups excluding carboxylic acids is 2. The van der Waals surface area contributed by atoms with Crippen LogP contribution in [0, 0.1) is 5.92 Å². The second-order valence-electron chi connectivity index (χ2n) is 9.54. The Hall–Kier alpha value is -3.86. The largest absolute Gasteiger partial charge is 0.469 e. The van der Waals surface area contributed by atoms with Crippen molar-refractivity contribution in [2.75, 3.05) is 33.8 Å². The van der Waals surface area contributed by atoms with Gasteiger partial charge in [-0.2, -0.15) is 18.3 Å². The van der Waals surface area contributed by atoms with Gasteiger partial charge in [0.05, 0.1) is 30.3 Å². The van der Waals surface area contributed by atoms with E-state index in [1.807, 2.05) is 25.1 Å². The number of nitrogens with zero attached hydrogens (tertiary/aromatic N) is 3. The van der Waals surface area contributed by atoms with Crippen molar-refractivity contribution in [2.45, 2.75) is 32.0 Å². The number of benzene rings is 2. The Kier molecular flexibility index (Phi) is 8.59. The SMILES string of the molecule is CNN=C(C=C(NN1CC[C@H](C(=O)OC)C1)C(=O)N1CCc2ccccc2[C@H]1C)c1ccc(C(F)(F)F)cc1. The fourth-order valence-corrected chi connectivity index (χ4v) is 5.00. The lowest BCUT2D eigenvalue weighted by Crippen LogP contribution is -2.46. The van der Waals surface area contributed by atoms with Gasteiger partial charge in [0.25, 0.3) is 5.91 Å². The van der Waals surface area contributed by atoms with Crippen LogP contribution in [0.25, 0.3) is 0 Å². The summed E-state index contributed by atoms with van der Waals surface area (Å²) >= 11 is 0. The predicted molar refractivity (Wildman–Crippen MR) is 140 cm³/mol. The Morgan fingerprint density at radius 1 is 1.10 bits per heavy atom. The number of nitrogens with one attached hydrogen (secondary N) is 2. The first kappa shape index (κ1) is 28.2. The highest BCUT2D eigenvalue weighted by Crippen LogP contribution is 2.31. The number of hydrogen-bond donors (Lipinski definition) is 2. The molecule has 2 heterocycles. The van der Waals surface area contributed by atoms with E-state index in [4.69, 9.17) is 4.74 Å². The van der Waals surface area contributed by atoms with E-state index in [0.29, 0.717) is 38.0 Å². The molecule has 0 unspecified atom stereocenters. The van der Waals surface area contributed by atoms with Crippen LogP contribution in [0.15, 0.2) is 65.4 Å². The average Bonchev–Trinajstić information content (AvgIpc) is 3.40. The van der Waals surface area contributed by atoms with Crippen molar-refractivity contribution < 1.29 is 27.5 Å². The Balaban J connectivity index is 1.67. The van der Waals surface area contributed by atoms with E-state index >= 15 is 0 Å². The van der Waals surface area contributed by atoms with Crippen LogP contribution in [0.1, 0.15) is 41.6 Å². The van der Waals surface area contributed by atoms with Crippen molar-refractivity contribution in [2.24, 2.45) is 11.0 Å². The number of allylic oxidation sites excluding steroid dienone is 1. The summed E-state index contributed by atoms with van der Waals surface area (Å²) in [5.74, 6) is -0.936. The zero-order chi connectivity index (χ0) is 28.2. The minimum absolute atomic E-state index is 0.190. The molecule has 11 heteroatoms. The first-order valence-corrected chi connectivity index (χ1v) is 12.7. The Bertz CT molecular complexity index is 1260. The molecule has 1 amide bonds. The minimum Gasteiger partial charge on any atom is -0.469 e. The predicted octanol–water partition coefficient (Wildman–Crippen LogP) is 3.66. The third kappa shape index (κ3) is 6.42. The van der Waals surface area contributed by atoms with E-state index in [1.54, 1.807) is 17.0 Å². The summed E-state index contributed by atoms with van der Waals surface area (Å²) in [5.41, 5.74) is 8.19. The molecular formula is C28H32F3N5O3. The smallest absolute Gasteiger partial charge is 0.416 e. The van der Waals surface area contributed by atoms with E-state index < -0.39 is 11.7 Å². The van der Waals surface area contributed by atoms with Crippen molar-refractivity contribution >= 4 is 17.6 Å². The van der Waals surface area contributed by atoms with E-state index in [1.165, 1.54) is 30.9 Å². The lowest BCUT2D eigenvalue weighted by molar-refractivity contribution is -0.145. The zero-order valence-corrected chi connectivity index (χ0v) is 22.1. The van der Waals surface area contributed by atoms with Crippen molar-refractivity contribution in [3.05, 3.63) is 82.6 Å². The molecule has 4 rings (SSSR count). The summed E-state index contributed by atoms with van der Waals surface area (Å²) < 4.78 is 44.2. The number of hydrazine groups is 1. The number of alkyl halides is 3. The van der Waals surface area contributed by atoms with Gasteiger partial charge in [-0.1, -0.05) is 36.4 Å². The summed E-state index contributed by atoms with van der Waals surface area (Å²) in [5, 5.41) is 6.02. The molecule has 39 heavy (non-hydrogen) atoms. The van der Waals surface area contributed by atoms with Crippen molar-refractivity contribution in [3.63, 3.8) is 0 Å². The molecule has 2 aliphatic rings. The third-order valence-corrected chi connectivity index (χ3v) is 7.11. The molecule has 1 saturated heterocycles. The topological polar surface area (TPSA) is 86.3 Å². The number of amides is 1. The summed E-state index contributed by atoms with van der Waals surface area (Å²) in [6, 6.07) is 12.4. The Labute approximate surface area is 225 Å². The standard InChI is InChI=1S/C28H32F3N5O3/c1-18-23-7-5-4-6-19(23)13-15-36(18)26(37)25(34-35-14-12-21(17-35)27(38)39-3)16-24(33-32-2)20-8-10-22(11-9-20)28(29,30)31/h4-11,16,18,21,32,34H,12-15,17H2,1-3H3/t18-,21+/m1/s1. The number of ether oxygens (including phenoxy) is 1. The highest BCUT2D eigenvalue weighted by molar-refractivity contribution is 6.12. The van der Waals surface area contributed by atoms with Crippen molar-refractivity contribution in [1.29, 1.82) is 0 Å². The second kappa shape index (κ2) is 11.9. The molecule has 0 radical (unpaired) electrons. The number of halogens is 3. The lowest BCUT2D eigenvalue weighted by Gasteiger charge is -2.36. The normalized spacial score (nSPS) is 20.4. The fraction of sp³-hybridized carbons (Fsp3) is 0.393. The summed E-state index contributed by atoms with van der Waals surface area (Å²) in [7, 11) is 2.91. The van der Waals surface area contributed by atoms with Gasteiger partial charge in [-0.05, 0) is 49.1 Å². The van der Waals surface area contributed by atoms with Gasteiger partial charge < -0.3 is 20.5 Å². The van der Waals surface area contributed by atoms with Gasteiger partial charge in [0, 0.05) is 32.2 Å². The molecule has 2 atom stereocenters. The van der Waals surface area contributed by atoms with E-state index in [2.05, 4.69) is 22.0 Å². The molecule has 1 fully saturated rings. The van der Waals surface area contributed by atoms with Crippen LogP contribution in [-0.4, -0.2) is 61.3 Å². The highest BCUT2D eigenvalue weighted by atomic mass is 19.4. The van der Waals surface area contributed by atoms with Crippen LogP contribution >= 0.6 is 0 Å². The lowest BCUT2D eigenvalue weighted by atomic mass is 9.93. The van der Waals surface area contributed by atoms with Gasteiger partial charge in [-0.15, -0.1) is 0 Å². The second-order valence-corrected chi connectivity index (χ2v) is 9.54. The molecule has 0 aromatic heterocycles. The van der Waals surface area contributed by atoms with E-state index in [9.17, 15) is 22.8 Å². The molecular weight excluding hydrogens is 511 g/mol. The number of rotatable bonds is 7. The molecule has 0 spiro atoms. The number of fused-ring (bicyclic) bond motifs is 1. The Morgan fingerprint density at radius 3 is 2.49 bits per heavy atom. The number of carbonyl (C=O) groups is 2. The maximum atomic E-state index is 14.0. The molecule has 8 nitrogen and oxygen atoms in total. The first-order valence-electron chi connectivity index (χ1n) is 12.7. The van der Waals surface area contributed by atoms with E-state index in [-0.39, 0.29) is 35.2 Å². The van der Waals surface area contributed by atoms with Crippen LogP contribution in [0.2, 0.25) is 0 Å². The molecule has 2 aliphatic heterocycles. The monoisotopic (exact) mass is 543 g/mol. The highest BCUT2D eigenvalue weighted by Gasteiger charge is 2.34. The van der Waals surface area contributed by atoms with Crippen LogP contribution in [-0.2, 0) is 26.9 Å². The maximum Gasteiger partial charge on any atom is 0.416 e. The first-order chi connectivity index (χ1) is 18.6. The van der Waals surface area contributed by atoms with Gasteiger partial charge in [0.2, 0.25) is 0 Å². The zero-order valence-electron chi connectivity index (χ0n) is 22.1. The van der Waals surface area contributed by atoms with Crippen LogP contribution in [0.3, 0.4) is 0 Å². The van der Waals surface area contributed by atoms with E-state index in [0.717, 1.165) is 17.7 Å². The van der Waals surface area contributed by atoms with Crippen molar-refractivity contribution in [1.82, 2.24) is 20.8 Å². The molecule has 2 aromatic rings. The number of hydrazone groups is 1. The molecule has 2 N–H and O–H groups in total. The maximum absolute atomic E-state index is 14.0. The van der Waals surface area contributed by atoms with Gasteiger partial charge >= 0.3 is 12.1 Å². The van der Waals surface area contributed by atoms with Crippen LogP contribution < -0.4 is 10.9 Å². The van der Waals surface area contributed by atoms with Crippen molar-refractivity contribution in [3.8, 4) is 0 Å². The third-order valence-electron chi connectivity index (χ3n) is 7.11. The fourth-order valence-electron chi connectivity index (χ4n) is 5.00. The van der Waals surface area contributed by atoms with Gasteiger partial charge in [-0.25, -0.2) is 5.01 Å². The minimum atomic E-state index is -4.47. The van der Waals surface area contributed by atoms with Gasteiger partial charge in [0.1, 0.15) is 5.70 Å². The molecule has 0 aliphatic carbocycles. The quantitative estimate of drug-likeness (QED) is 0.240. The molecule has 208 valence electrons. The Morgan fingerprint density at radius 2 is 1.82 bits per heavy atom. The van der Waals surface area contributed by atoms with Crippen LogP contribution in [0.5, 0.6) is 0 Å². The number of esters is 1. The molecule has 0 saturated carbocycles. The summed E-state index contributed by atoms with van der Waals surface area (Å²) in [6.45, 7) is 3.31. The van der Waals surface area contributed by atoms with Gasteiger partial charge in [-0.3, -0.25) is 9.59 Å².